The van der Waals surface area contributed by atoms with Gasteiger partial charge < -0.3 is 15.1 Å². The van der Waals surface area contributed by atoms with E-state index in [2.05, 4.69) is 17.4 Å². The van der Waals surface area contributed by atoms with Gasteiger partial charge in [-0.3, -0.25) is 9.59 Å². The van der Waals surface area contributed by atoms with Crippen molar-refractivity contribution in [1.29, 1.82) is 0 Å². The van der Waals surface area contributed by atoms with Gasteiger partial charge >= 0.3 is 11.8 Å². The molecule has 2 amide bonds. The van der Waals surface area contributed by atoms with Gasteiger partial charge in [0.15, 0.2) is 0 Å². The summed E-state index contributed by atoms with van der Waals surface area (Å²) in [6.07, 6.45) is 3.66. The zero-order valence-corrected chi connectivity index (χ0v) is 12.3. The van der Waals surface area contributed by atoms with E-state index in [0.29, 0.717) is 19.1 Å². The third-order valence-electron chi connectivity index (χ3n) is 4.35. The maximum Gasteiger partial charge on any atom is 0.316 e. The number of hydrogen-bond acceptors (Lipinski definition) is 3. The highest BCUT2D eigenvalue weighted by Gasteiger charge is 2.31. The van der Waals surface area contributed by atoms with Gasteiger partial charge in [0.1, 0.15) is 0 Å². The quantitative estimate of drug-likeness (QED) is 0.834. The van der Waals surface area contributed by atoms with Crippen molar-refractivity contribution in [3.8, 4) is 0 Å². The van der Waals surface area contributed by atoms with Crippen molar-refractivity contribution < 1.29 is 9.59 Å². The van der Waals surface area contributed by atoms with Crippen LogP contribution in [0.4, 0.5) is 5.69 Å². The van der Waals surface area contributed by atoms with Crippen LogP contribution < -0.4 is 10.2 Å². The smallest absolute Gasteiger partial charge is 0.316 e. The van der Waals surface area contributed by atoms with Crippen molar-refractivity contribution in [2.45, 2.75) is 25.3 Å². The van der Waals surface area contributed by atoms with Crippen LogP contribution in [0, 0.1) is 0 Å². The minimum atomic E-state index is -0.438. The van der Waals surface area contributed by atoms with Crippen LogP contribution >= 0.6 is 0 Å². The van der Waals surface area contributed by atoms with Crippen LogP contribution in [0.2, 0.25) is 0 Å². The lowest BCUT2D eigenvalue weighted by atomic mass is 9.97. The first-order valence-corrected chi connectivity index (χ1v) is 7.57. The van der Waals surface area contributed by atoms with E-state index in [-0.39, 0.29) is 0 Å². The fourth-order valence-corrected chi connectivity index (χ4v) is 3.00. The number of carbonyl (C=O) groups is 2. The van der Waals surface area contributed by atoms with Gasteiger partial charge in [-0.25, -0.2) is 0 Å². The first-order valence-electron chi connectivity index (χ1n) is 7.57. The van der Waals surface area contributed by atoms with Gasteiger partial charge in [-0.2, -0.15) is 0 Å². The van der Waals surface area contributed by atoms with E-state index in [1.165, 1.54) is 23.3 Å². The number of nitrogens with one attached hydrogen (secondary N) is 1. The summed E-state index contributed by atoms with van der Waals surface area (Å²) in [5.41, 5.74) is 2.06. The second-order valence-electron chi connectivity index (χ2n) is 5.78. The third kappa shape index (κ3) is 2.78. The van der Waals surface area contributed by atoms with Gasteiger partial charge in [0.2, 0.25) is 0 Å². The van der Waals surface area contributed by atoms with Crippen molar-refractivity contribution in [2.24, 2.45) is 0 Å². The van der Waals surface area contributed by atoms with Gasteiger partial charge in [-0.1, -0.05) is 18.6 Å². The van der Waals surface area contributed by atoms with Gasteiger partial charge in [-0.05, 0) is 37.1 Å². The summed E-state index contributed by atoms with van der Waals surface area (Å²) in [7, 11) is 1.66. The maximum absolute atomic E-state index is 12.0. The molecule has 2 saturated heterocycles. The lowest BCUT2D eigenvalue weighted by Gasteiger charge is -2.31. The number of likely N-dealkylation sites (N-methyl/N-ethyl adjacent to an activating group) is 1. The summed E-state index contributed by atoms with van der Waals surface area (Å²) in [4.78, 5) is 26.8. The van der Waals surface area contributed by atoms with Crippen LogP contribution in [0.1, 0.15) is 30.9 Å². The second kappa shape index (κ2) is 5.85. The maximum atomic E-state index is 12.0. The zero-order valence-electron chi connectivity index (χ0n) is 12.3. The predicted molar refractivity (Wildman–Crippen MR) is 81.0 cm³/mol. The molecule has 5 nitrogen and oxygen atoms in total. The highest BCUT2D eigenvalue weighted by atomic mass is 16.2. The topological polar surface area (TPSA) is 52.6 Å². The average molecular weight is 287 g/mol. The van der Waals surface area contributed by atoms with Crippen LogP contribution in [0.25, 0.3) is 0 Å². The fourth-order valence-electron chi connectivity index (χ4n) is 3.00. The summed E-state index contributed by atoms with van der Waals surface area (Å²) in [6.45, 7) is 2.20. The van der Waals surface area contributed by atoms with Crippen molar-refractivity contribution in [1.82, 2.24) is 10.2 Å². The normalized spacial score (nSPS) is 23.6. The molecule has 112 valence electrons. The molecule has 0 saturated carbocycles. The summed E-state index contributed by atoms with van der Waals surface area (Å²) < 4.78 is 0. The molecule has 0 spiro atoms. The molecule has 1 aromatic rings. The number of amides is 2. The minimum absolute atomic E-state index is 0.414. The van der Waals surface area contributed by atoms with E-state index in [1.54, 1.807) is 11.9 Å². The number of anilines is 1. The van der Waals surface area contributed by atoms with E-state index < -0.39 is 11.8 Å². The Hall–Kier alpha value is -1.88. The SMILES string of the molecule is CN1CCN(c2ccc(C3CCCCN3)cc2)C(=O)C1=O. The molecular weight excluding hydrogens is 266 g/mol. The summed E-state index contributed by atoms with van der Waals surface area (Å²) in [6, 6.07) is 8.44. The Balaban J connectivity index is 1.74. The number of piperidine rings is 1. The summed E-state index contributed by atoms with van der Waals surface area (Å²) in [5, 5.41) is 3.51. The molecule has 0 bridgehead atoms. The molecule has 5 heteroatoms. The van der Waals surface area contributed by atoms with Gasteiger partial charge in [0.25, 0.3) is 0 Å². The number of benzene rings is 1. The molecule has 0 radical (unpaired) electrons. The van der Waals surface area contributed by atoms with E-state index in [9.17, 15) is 9.59 Å². The molecule has 2 heterocycles. The Morgan fingerprint density at radius 1 is 1.05 bits per heavy atom. The monoisotopic (exact) mass is 287 g/mol. The van der Waals surface area contributed by atoms with E-state index in [1.807, 2.05) is 12.1 Å². The predicted octanol–water partition coefficient (Wildman–Crippen LogP) is 1.31. The fraction of sp³-hybridized carbons (Fsp3) is 0.500. The van der Waals surface area contributed by atoms with Crippen LogP contribution in [0.3, 0.4) is 0 Å². The number of carbonyl (C=O) groups excluding carboxylic acids is 2. The highest BCUT2D eigenvalue weighted by Crippen LogP contribution is 2.25. The van der Waals surface area contributed by atoms with Gasteiger partial charge in [0.05, 0.1) is 0 Å². The van der Waals surface area contributed by atoms with Crippen molar-refractivity contribution in [2.75, 3.05) is 31.6 Å². The number of hydrogen-bond donors (Lipinski definition) is 1. The molecule has 21 heavy (non-hydrogen) atoms. The lowest BCUT2D eigenvalue weighted by Crippen LogP contribution is -2.53. The van der Waals surface area contributed by atoms with Crippen LogP contribution in [0.15, 0.2) is 24.3 Å². The van der Waals surface area contributed by atoms with Crippen molar-refractivity contribution in [3.63, 3.8) is 0 Å². The summed E-state index contributed by atoms with van der Waals surface area (Å²) in [5.74, 6) is -0.869. The highest BCUT2D eigenvalue weighted by molar-refractivity contribution is 6.40. The Kier molecular flexibility index (Phi) is 3.92. The van der Waals surface area contributed by atoms with Crippen LogP contribution in [-0.2, 0) is 9.59 Å². The Morgan fingerprint density at radius 3 is 2.48 bits per heavy atom. The molecule has 2 aliphatic heterocycles. The van der Waals surface area contributed by atoms with Crippen molar-refractivity contribution in [3.05, 3.63) is 29.8 Å². The number of nitrogens with zero attached hydrogens (tertiary/aromatic N) is 2. The van der Waals surface area contributed by atoms with E-state index in [4.69, 9.17) is 0 Å². The first-order chi connectivity index (χ1) is 10.2. The molecule has 1 unspecified atom stereocenters. The first kappa shape index (κ1) is 14.1. The molecular formula is C16H21N3O2. The standard InChI is InChI=1S/C16H21N3O2/c1-18-10-11-19(16(21)15(18)20)13-7-5-12(6-8-13)14-4-2-3-9-17-14/h5-8,14,17H,2-4,9-11H2,1H3. The molecule has 1 aromatic carbocycles. The molecule has 0 aromatic heterocycles. The largest absolute Gasteiger partial charge is 0.336 e. The van der Waals surface area contributed by atoms with Gasteiger partial charge in [0, 0.05) is 31.9 Å². The third-order valence-corrected chi connectivity index (χ3v) is 4.35. The molecule has 0 aliphatic carbocycles. The van der Waals surface area contributed by atoms with Crippen molar-refractivity contribution >= 4 is 17.5 Å². The second-order valence-corrected chi connectivity index (χ2v) is 5.78. The summed E-state index contributed by atoms with van der Waals surface area (Å²) >= 11 is 0. The van der Waals surface area contributed by atoms with Crippen LogP contribution in [-0.4, -0.2) is 43.4 Å². The Labute approximate surface area is 124 Å². The average Bonchev–Trinajstić information content (AvgIpc) is 2.54. The van der Waals surface area contributed by atoms with E-state index in [0.717, 1.165) is 18.7 Å². The molecule has 3 rings (SSSR count). The number of piperazine rings is 1. The van der Waals surface area contributed by atoms with E-state index >= 15 is 0 Å². The Bertz CT molecular complexity index is 535. The lowest BCUT2D eigenvalue weighted by molar-refractivity contribution is -0.145. The zero-order chi connectivity index (χ0) is 14.8. The van der Waals surface area contributed by atoms with Crippen LogP contribution in [0.5, 0.6) is 0 Å². The molecule has 1 atom stereocenters. The number of rotatable bonds is 2. The molecule has 1 N–H and O–H groups in total. The minimum Gasteiger partial charge on any atom is -0.336 e. The van der Waals surface area contributed by atoms with Gasteiger partial charge in [-0.15, -0.1) is 0 Å². The molecule has 2 aliphatic rings. The molecule has 2 fully saturated rings. The Morgan fingerprint density at radius 2 is 1.81 bits per heavy atom.